The van der Waals surface area contributed by atoms with Gasteiger partial charge in [0.2, 0.25) is 0 Å². The van der Waals surface area contributed by atoms with Gasteiger partial charge in [-0.15, -0.1) is 6.42 Å². The molecule has 0 unspecified atom stereocenters. The summed E-state index contributed by atoms with van der Waals surface area (Å²) in [6.45, 7) is 0. The fourth-order valence-electron chi connectivity index (χ4n) is 0.877. The number of hydrogen-bond acceptors (Lipinski definition) is 0. The third-order valence-electron chi connectivity index (χ3n) is 1.44. The van der Waals surface area contributed by atoms with Crippen molar-refractivity contribution in [3.63, 3.8) is 0 Å². The molecule has 1 rings (SSSR count). The molecule has 0 radical (unpaired) electrons. The summed E-state index contributed by atoms with van der Waals surface area (Å²) >= 11 is 2.95. The molecule has 1 aromatic carbocycles. The minimum atomic E-state index is -4.40. The van der Waals surface area contributed by atoms with E-state index in [0.29, 0.717) is 4.47 Å². The van der Waals surface area contributed by atoms with Crippen molar-refractivity contribution in [2.45, 2.75) is 6.18 Å². The maximum Gasteiger partial charge on any atom is 0.417 e. The Balaban J connectivity index is 3.35. The first-order chi connectivity index (χ1) is 5.95. The van der Waals surface area contributed by atoms with Gasteiger partial charge in [-0.25, -0.2) is 0 Å². The molecule has 0 aliphatic heterocycles. The smallest absolute Gasteiger partial charge is 0.166 e. The molecule has 0 bridgehead atoms. The average Bonchev–Trinajstić information content (AvgIpc) is 2.03. The number of rotatable bonds is 0. The molecule has 68 valence electrons. The highest BCUT2D eigenvalue weighted by Crippen LogP contribution is 2.33. The SMILES string of the molecule is C#Cc1ccc(Br)cc1C(F)(F)F. The first-order valence-corrected chi connectivity index (χ1v) is 4.08. The van der Waals surface area contributed by atoms with Gasteiger partial charge in [0.15, 0.2) is 0 Å². The van der Waals surface area contributed by atoms with Crippen molar-refractivity contribution >= 4 is 15.9 Å². The zero-order chi connectivity index (χ0) is 10.1. The second-order valence-corrected chi connectivity index (χ2v) is 3.25. The predicted molar refractivity (Wildman–Crippen MR) is 47.1 cm³/mol. The zero-order valence-electron chi connectivity index (χ0n) is 6.32. The summed E-state index contributed by atoms with van der Waals surface area (Å²) in [5.41, 5.74) is -0.930. The van der Waals surface area contributed by atoms with E-state index >= 15 is 0 Å². The van der Waals surface area contributed by atoms with Gasteiger partial charge in [-0.1, -0.05) is 21.9 Å². The molecule has 0 aliphatic rings. The molecule has 0 aromatic heterocycles. The van der Waals surface area contributed by atoms with Crippen molar-refractivity contribution in [2.24, 2.45) is 0 Å². The highest BCUT2D eigenvalue weighted by Gasteiger charge is 2.33. The Labute approximate surface area is 81.9 Å². The molecule has 1 aromatic rings. The number of hydrogen-bond donors (Lipinski definition) is 0. The molecule has 0 spiro atoms. The number of terminal acetylenes is 1. The van der Waals surface area contributed by atoms with Crippen LogP contribution in [0.4, 0.5) is 13.2 Å². The van der Waals surface area contributed by atoms with Gasteiger partial charge < -0.3 is 0 Å². The fraction of sp³-hybridized carbons (Fsp3) is 0.111. The molecule has 0 heterocycles. The third kappa shape index (κ3) is 2.25. The lowest BCUT2D eigenvalue weighted by atomic mass is 10.1. The van der Waals surface area contributed by atoms with E-state index in [1.807, 2.05) is 5.92 Å². The molecule has 0 fully saturated rings. The summed E-state index contributed by atoms with van der Waals surface area (Å²) in [5.74, 6) is 1.99. The van der Waals surface area contributed by atoms with Gasteiger partial charge >= 0.3 is 6.18 Å². The van der Waals surface area contributed by atoms with E-state index in [2.05, 4.69) is 15.9 Å². The van der Waals surface area contributed by atoms with Gasteiger partial charge in [0.05, 0.1) is 5.56 Å². The Morgan fingerprint density at radius 2 is 1.92 bits per heavy atom. The van der Waals surface area contributed by atoms with E-state index < -0.39 is 11.7 Å². The van der Waals surface area contributed by atoms with Crippen molar-refractivity contribution in [3.05, 3.63) is 33.8 Å². The lowest BCUT2D eigenvalue weighted by Crippen LogP contribution is -2.07. The maximum atomic E-state index is 12.3. The van der Waals surface area contributed by atoms with Gasteiger partial charge in [0, 0.05) is 10.0 Å². The number of halogens is 4. The highest BCUT2D eigenvalue weighted by molar-refractivity contribution is 9.10. The lowest BCUT2D eigenvalue weighted by molar-refractivity contribution is -0.137. The van der Waals surface area contributed by atoms with E-state index in [1.165, 1.54) is 12.1 Å². The van der Waals surface area contributed by atoms with Crippen LogP contribution >= 0.6 is 15.9 Å². The van der Waals surface area contributed by atoms with Crippen LogP contribution in [0, 0.1) is 12.3 Å². The molecule has 0 nitrogen and oxygen atoms in total. The summed E-state index contributed by atoms with van der Waals surface area (Å²) < 4.78 is 37.3. The Bertz CT molecular complexity index is 360. The van der Waals surface area contributed by atoms with Crippen molar-refractivity contribution < 1.29 is 13.2 Å². The van der Waals surface area contributed by atoms with E-state index in [1.54, 1.807) is 0 Å². The van der Waals surface area contributed by atoms with Gasteiger partial charge in [-0.05, 0) is 18.2 Å². The van der Waals surface area contributed by atoms with Crippen LogP contribution in [0.5, 0.6) is 0 Å². The molecular formula is C9H4BrF3. The van der Waals surface area contributed by atoms with E-state index in [0.717, 1.165) is 6.07 Å². The van der Waals surface area contributed by atoms with Crippen molar-refractivity contribution in [3.8, 4) is 12.3 Å². The van der Waals surface area contributed by atoms with Crippen molar-refractivity contribution in [1.29, 1.82) is 0 Å². The maximum absolute atomic E-state index is 12.3. The standard InChI is InChI=1S/C9H4BrF3/c1-2-6-3-4-7(10)5-8(6)9(11,12)13/h1,3-5H. The quantitative estimate of drug-likeness (QED) is 0.618. The molecule has 0 saturated carbocycles. The number of benzene rings is 1. The van der Waals surface area contributed by atoms with Gasteiger partial charge in [0.1, 0.15) is 0 Å². The molecule has 0 atom stereocenters. The molecule has 0 saturated heterocycles. The van der Waals surface area contributed by atoms with Gasteiger partial charge in [0.25, 0.3) is 0 Å². The third-order valence-corrected chi connectivity index (χ3v) is 1.94. The molecule has 0 aliphatic carbocycles. The lowest BCUT2D eigenvalue weighted by Gasteiger charge is -2.08. The van der Waals surface area contributed by atoms with E-state index in [-0.39, 0.29) is 5.56 Å². The summed E-state index contributed by atoms with van der Waals surface area (Å²) in [4.78, 5) is 0. The minimum absolute atomic E-state index is 0.143. The first kappa shape index (κ1) is 10.1. The predicted octanol–water partition coefficient (Wildman–Crippen LogP) is 3.45. The Kier molecular flexibility index (Phi) is 2.67. The summed E-state index contributed by atoms with van der Waals surface area (Å²) in [5, 5.41) is 0. The molecular weight excluding hydrogens is 245 g/mol. The number of alkyl halides is 3. The monoisotopic (exact) mass is 248 g/mol. The second-order valence-electron chi connectivity index (χ2n) is 2.33. The normalized spacial score (nSPS) is 11.0. The van der Waals surface area contributed by atoms with Crippen molar-refractivity contribution in [1.82, 2.24) is 0 Å². The molecule has 4 heteroatoms. The molecule has 0 N–H and O–H groups in total. The Morgan fingerprint density at radius 1 is 1.31 bits per heavy atom. The summed E-state index contributed by atoms with van der Waals surface area (Å²) in [6, 6.07) is 3.70. The van der Waals surface area contributed by atoms with Crippen LogP contribution in [0.3, 0.4) is 0 Å². The van der Waals surface area contributed by atoms with Crippen LogP contribution in [0.2, 0.25) is 0 Å². The molecule has 0 amide bonds. The van der Waals surface area contributed by atoms with Gasteiger partial charge in [-0.3, -0.25) is 0 Å². The fourth-order valence-corrected chi connectivity index (χ4v) is 1.24. The van der Waals surface area contributed by atoms with Crippen LogP contribution in [0.25, 0.3) is 0 Å². The zero-order valence-corrected chi connectivity index (χ0v) is 7.91. The van der Waals surface area contributed by atoms with Crippen LogP contribution in [-0.4, -0.2) is 0 Å². The first-order valence-electron chi connectivity index (χ1n) is 3.28. The largest absolute Gasteiger partial charge is 0.417 e. The van der Waals surface area contributed by atoms with Crippen LogP contribution in [0.15, 0.2) is 22.7 Å². The Hall–Kier alpha value is -0.950. The summed E-state index contributed by atoms with van der Waals surface area (Å²) in [6.07, 6.45) is 0.535. The molecule has 13 heavy (non-hydrogen) atoms. The topological polar surface area (TPSA) is 0 Å². The van der Waals surface area contributed by atoms with Gasteiger partial charge in [-0.2, -0.15) is 13.2 Å². The second kappa shape index (κ2) is 3.43. The van der Waals surface area contributed by atoms with Crippen LogP contribution < -0.4 is 0 Å². The van der Waals surface area contributed by atoms with Crippen LogP contribution in [-0.2, 0) is 6.18 Å². The Morgan fingerprint density at radius 3 is 2.38 bits per heavy atom. The van der Waals surface area contributed by atoms with Crippen LogP contribution in [0.1, 0.15) is 11.1 Å². The van der Waals surface area contributed by atoms with E-state index in [9.17, 15) is 13.2 Å². The van der Waals surface area contributed by atoms with E-state index in [4.69, 9.17) is 6.42 Å². The minimum Gasteiger partial charge on any atom is -0.166 e. The highest BCUT2D eigenvalue weighted by atomic mass is 79.9. The summed E-state index contributed by atoms with van der Waals surface area (Å²) in [7, 11) is 0. The van der Waals surface area contributed by atoms with Crippen molar-refractivity contribution in [2.75, 3.05) is 0 Å². The average molecular weight is 249 g/mol.